The summed E-state index contributed by atoms with van der Waals surface area (Å²) in [6, 6.07) is -0.819. The number of rotatable bonds is 4. The monoisotopic (exact) mass is 354 g/mol. The van der Waals surface area contributed by atoms with Crippen molar-refractivity contribution in [2.45, 2.75) is 50.2 Å². The molecule has 0 spiro atoms. The summed E-state index contributed by atoms with van der Waals surface area (Å²) < 4.78 is 33.3. The van der Waals surface area contributed by atoms with Gasteiger partial charge in [-0.05, 0) is 18.8 Å². The van der Waals surface area contributed by atoms with Crippen molar-refractivity contribution in [3.8, 4) is 0 Å². The van der Waals surface area contributed by atoms with E-state index in [1.807, 2.05) is 4.57 Å². The van der Waals surface area contributed by atoms with Gasteiger partial charge in [0.05, 0.1) is 12.0 Å². The maximum atomic E-state index is 13.0. The van der Waals surface area contributed by atoms with Crippen LogP contribution in [0.25, 0.3) is 0 Å². The maximum Gasteiger partial charge on any atom is 0.252 e. The van der Waals surface area contributed by atoms with Gasteiger partial charge in [-0.15, -0.1) is 0 Å². The third-order valence-corrected chi connectivity index (χ3v) is 5.50. The van der Waals surface area contributed by atoms with Gasteiger partial charge in [0, 0.05) is 57.9 Å². The molecule has 1 atom stereocenters. The Kier molecular flexibility index (Phi) is 4.49. The molecule has 2 fully saturated rings. The van der Waals surface area contributed by atoms with Crippen LogP contribution in [0.2, 0.25) is 0 Å². The second kappa shape index (κ2) is 6.64. The summed E-state index contributed by atoms with van der Waals surface area (Å²) in [5.41, 5.74) is 0.998. The Bertz CT molecular complexity index is 622. The number of hydrogen-bond acceptors (Lipinski definition) is 4. The molecule has 2 aliphatic heterocycles. The third-order valence-electron chi connectivity index (χ3n) is 5.50. The maximum absolute atomic E-state index is 13.0. The van der Waals surface area contributed by atoms with Crippen LogP contribution in [-0.2, 0) is 16.1 Å². The molecule has 6 nitrogen and oxygen atoms in total. The molecule has 0 unspecified atom stereocenters. The Morgan fingerprint density at radius 1 is 1.36 bits per heavy atom. The number of hydrogen-bond donors (Lipinski definition) is 1. The molecule has 1 saturated carbocycles. The van der Waals surface area contributed by atoms with E-state index in [9.17, 15) is 13.6 Å². The van der Waals surface area contributed by atoms with Crippen molar-refractivity contribution in [1.82, 2.24) is 19.8 Å². The number of ether oxygens (including phenoxy) is 1. The van der Waals surface area contributed by atoms with E-state index in [-0.39, 0.29) is 18.7 Å². The number of alkyl halides is 2. The van der Waals surface area contributed by atoms with Crippen molar-refractivity contribution in [3.63, 3.8) is 0 Å². The molecule has 3 aliphatic rings. The molecule has 0 aromatic carbocycles. The van der Waals surface area contributed by atoms with Crippen molar-refractivity contribution in [2.24, 2.45) is 5.92 Å². The lowest BCUT2D eigenvalue weighted by molar-refractivity contribution is -0.133. The van der Waals surface area contributed by atoms with E-state index in [1.54, 1.807) is 12.5 Å². The van der Waals surface area contributed by atoms with E-state index in [2.05, 4.69) is 15.2 Å². The first-order valence-electron chi connectivity index (χ1n) is 8.99. The molecule has 138 valence electrons. The summed E-state index contributed by atoms with van der Waals surface area (Å²) in [5, 5.41) is 2.78. The Morgan fingerprint density at radius 2 is 2.12 bits per heavy atom. The van der Waals surface area contributed by atoms with E-state index in [1.165, 1.54) is 0 Å². The first-order valence-corrected chi connectivity index (χ1v) is 8.99. The summed E-state index contributed by atoms with van der Waals surface area (Å²) >= 11 is 0. The highest BCUT2D eigenvalue weighted by Gasteiger charge is 2.46. The number of imidazole rings is 1. The normalized spacial score (nSPS) is 27.5. The summed E-state index contributed by atoms with van der Waals surface area (Å²) in [7, 11) is 0. The average molecular weight is 354 g/mol. The van der Waals surface area contributed by atoms with Gasteiger partial charge in [-0.3, -0.25) is 9.69 Å². The molecule has 1 saturated heterocycles. The van der Waals surface area contributed by atoms with Gasteiger partial charge < -0.3 is 14.6 Å². The largest absolute Gasteiger partial charge is 0.381 e. The fourth-order valence-electron chi connectivity index (χ4n) is 4.06. The molecular weight excluding hydrogens is 330 g/mol. The van der Waals surface area contributed by atoms with Crippen LogP contribution < -0.4 is 5.32 Å². The molecule has 4 rings (SSSR count). The number of fused-ring (bicyclic) bond motifs is 1. The second-order valence-corrected chi connectivity index (χ2v) is 7.53. The van der Waals surface area contributed by atoms with Crippen LogP contribution in [0.3, 0.4) is 0 Å². The standard InChI is InChI=1S/C17H24F2N4O2/c18-17(19)5-13(6-17)21-16(24)15-10-22(8-12-1-3-25-4-2-12)9-14-7-20-11-23(14)15/h7,11-13,15H,1-6,8-10H2,(H,21,24)/t15-/m0/s1. The number of amides is 1. The zero-order valence-electron chi connectivity index (χ0n) is 14.2. The summed E-state index contributed by atoms with van der Waals surface area (Å²) in [5.74, 6) is -2.23. The van der Waals surface area contributed by atoms with Gasteiger partial charge in [-0.1, -0.05) is 0 Å². The summed E-state index contributed by atoms with van der Waals surface area (Å²) in [4.78, 5) is 19.1. The SMILES string of the molecule is O=C(NC1CC(F)(F)C1)[C@@H]1CN(CC2CCOCC2)Cc2cncn21. The molecule has 1 N–H and O–H groups in total. The zero-order chi connectivity index (χ0) is 17.4. The van der Waals surface area contributed by atoms with Gasteiger partial charge in [-0.2, -0.15) is 0 Å². The molecule has 25 heavy (non-hydrogen) atoms. The Labute approximate surface area is 145 Å². The fourth-order valence-corrected chi connectivity index (χ4v) is 4.06. The van der Waals surface area contributed by atoms with Crippen LogP contribution in [0.5, 0.6) is 0 Å². The Morgan fingerprint density at radius 3 is 2.84 bits per heavy atom. The van der Waals surface area contributed by atoms with E-state index >= 15 is 0 Å². The van der Waals surface area contributed by atoms with Gasteiger partial charge in [0.1, 0.15) is 6.04 Å². The minimum absolute atomic E-state index is 0.184. The molecule has 0 radical (unpaired) electrons. The number of nitrogens with zero attached hydrogens (tertiary/aromatic N) is 3. The van der Waals surface area contributed by atoms with Crippen LogP contribution in [0, 0.1) is 5.92 Å². The minimum atomic E-state index is -2.63. The molecule has 1 aliphatic carbocycles. The van der Waals surface area contributed by atoms with Crippen molar-refractivity contribution < 1.29 is 18.3 Å². The molecular formula is C17H24F2N4O2. The Hall–Kier alpha value is -1.54. The smallest absolute Gasteiger partial charge is 0.252 e. The second-order valence-electron chi connectivity index (χ2n) is 7.53. The zero-order valence-corrected chi connectivity index (χ0v) is 14.2. The van der Waals surface area contributed by atoms with Gasteiger partial charge in [0.2, 0.25) is 5.91 Å². The number of aromatic nitrogens is 2. The molecule has 8 heteroatoms. The third kappa shape index (κ3) is 3.69. The number of halogens is 2. The van der Waals surface area contributed by atoms with E-state index < -0.39 is 18.0 Å². The van der Waals surface area contributed by atoms with Gasteiger partial charge in [0.25, 0.3) is 5.92 Å². The van der Waals surface area contributed by atoms with Crippen LogP contribution in [0.1, 0.15) is 37.4 Å². The quantitative estimate of drug-likeness (QED) is 0.892. The molecule has 0 bridgehead atoms. The van der Waals surface area contributed by atoms with Crippen molar-refractivity contribution in [2.75, 3.05) is 26.3 Å². The lowest BCUT2D eigenvalue weighted by Gasteiger charge is -2.39. The highest BCUT2D eigenvalue weighted by atomic mass is 19.3. The van der Waals surface area contributed by atoms with Crippen LogP contribution in [0.15, 0.2) is 12.5 Å². The van der Waals surface area contributed by atoms with Crippen molar-refractivity contribution >= 4 is 5.91 Å². The predicted molar refractivity (Wildman–Crippen MR) is 86.2 cm³/mol. The highest BCUT2D eigenvalue weighted by Crippen LogP contribution is 2.37. The van der Waals surface area contributed by atoms with E-state index in [0.717, 1.165) is 44.8 Å². The minimum Gasteiger partial charge on any atom is -0.381 e. The number of carbonyl (C=O) groups excluding carboxylic acids is 1. The number of carbonyl (C=O) groups is 1. The van der Waals surface area contributed by atoms with Crippen molar-refractivity contribution in [1.29, 1.82) is 0 Å². The Balaban J connectivity index is 1.40. The first-order chi connectivity index (χ1) is 12.0. The lowest BCUT2D eigenvalue weighted by Crippen LogP contribution is -2.54. The van der Waals surface area contributed by atoms with Gasteiger partial charge >= 0.3 is 0 Å². The predicted octanol–water partition coefficient (Wildman–Crippen LogP) is 1.58. The lowest BCUT2D eigenvalue weighted by atomic mass is 9.88. The van der Waals surface area contributed by atoms with Crippen LogP contribution in [-0.4, -0.2) is 58.6 Å². The molecule has 1 aromatic rings. The number of nitrogens with one attached hydrogen (secondary N) is 1. The van der Waals surface area contributed by atoms with Crippen LogP contribution >= 0.6 is 0 Å². The first kappa shape index (κ1) is 16.9. The van der Waals surface area contributed by atoms with E-state index in [0.29, 0.717) is 12.5 Å². The molecule has 1 aromatic heterocycles. The highest BCUT2D eigenvalue weighted by molar-refractivity contribution is 5.81. The van der Waals surface area contributed by atoms with Crippen molar-refractivity contribution in [3.05, 3.63) is 18.2 Å². The molecule has 1 amide bonds. The van der Waals surface area contributed by atoms with Gasteiger partial charge in [-0.25, -0.2) is 13.8 Å². The molecule has 3 heterocycles. The average Bonchev–Trinajstić information content (AvgIpc) is 3.01. The van der Waals surface area contributed by atoms with Crippen LogP contribution in [0.4, 0.5) is 8.78 Å². The van der Waals surface area contributed by atoms with Gasteiger partial charge in [0.15, 0.2) is 0 Å². The summed E-state index contributed by atoms with van der Waals surface area (Å²) in [6.07, 6.45) is 5.03. The summed E-state index contributed by atoms with van der Waals surface area (Å²) in [6.45, 7) is 3.89. The fraction of sp³-hybridized carbons (Fsp3) is 0.765. The topological polar surface area (TPSA) is 59.4 Å². The van der Waals surface area contributed by atoms with E-state index in [4.69, 9.17) is 4.74 Å².